The molecule has 0 spiro atoms. The van der Waals surface area contributed by atoms with Crippen LogP contribution < -0.4 is 9.46 Å². The molecule has 20 heavy (non-hydrogen) atoms. The molecular weight excluding hydrogens is 278 g/mol. The number of sulfonamides is 1. The molecule has 1 atom stereocenters. The summed E-state index contributed by atoms with van der Waals surface area (Å²) in [5, 5.41) is 0. The summed E-state index contributed by atoms with van der Waals surface area (Å²) >= 11 is 0. The molecule has 1 unspecified atom stereocenters. The highest BCUT2D eigenvalue weighted by Gasteiger charge is 2.18. The van der Waals surface area contributed by atoms with E-state index in [1.165, 1.54) is 0 Å². The Bertz CT molecular complexity index is 550. The van der Waals surface area contributed by atoms with Gasteiger partial charge in [0.15, 0.2) is 0 Å². The van der Waals surface area contributed by atoms with Gasteiger partial charge in [-0.3, -0.25) is 0 Å². The molecule has 1 aromatic carbocycles. The van der Waals surface area contributed by atoms with Crippen LogP contribution in [0.2, 0.25) is 0 Å². The maximum Gasteiger partial charge on any atom is 0.240 e. The van der Waals surface area contributed by atoms with Crippen LogP contribution in [0.1, 0.15) is 24.8 Å². The van der Waals surface area contributed by atoms with Gasteiger partial charge in [0.1, 0.15) is 5.75 Å². The first kappa shape index (κ1) is 15.3. The lowest BCUT2D eigenvalue weighted by atomic mass is 10.2. The SMILES string of the molecule is COc1ccc(S(=O)(=O)NCCC2CCCO2)cc1C. The summed E-state index contributed by atoms with van der Waals surface area (Å²) in [6, 6.07) is 4.84. The van der Waals surface area contributed by atoms with E-state index < -0.39 is 10.0 Å². The van der Waals surface area contributed by atoms with Crippen LogP contribution in [0.5, 0.6) is 5.75 Å². The number of benzene rings is 1. The van der Waals surface area contributed by atoms with Crippen LogP contribution in [0, 0.1) is 6.92 Å². The number of ether oxygens (including phenoxy) is 2. The van der Waals surface area contributed by atoms with Crippen molar-refractivity contribution in [2.24, 2.45) is 0 Å². The van der Waals surface area contributed by atoms with E-state index in [1.807, 2.05) is 6.92 Å². The predicted octanol–water partition coefficient (Wildman–Crippen LogP) is 1.85. The van der Waals surface area contributed by atoms with Crippen LogP contribution in [0.15, 0.2) is 23.1 Å². The van der Waals surface area contributed by atoms with Crippen LogP contribution in [-0.2, 0) is 14.8 Å². The average Bonchev–Trinajstić information content (AvgIpc) is 2.91. The van der Waals surface area contributed by atoms with E-state index in [1.54, 1.807) is 25.3 Å². The second-order valence-electron chi connectivity index (χ2n) is 4.95. The summed E-state index contributed by atoms with van der Waals surface area (Å²) in [5.74, 6) is 0.684. The van der Waals surface area contributed by atoms with E-state index in [0.717, 1.165) is 25.0 Å². The Morgan fingerprint density at radius 1 is 1.45 bits per heavy atom. The molecule has 1 fully saturated rings. The molecular formula is C14H21NO4S. The number of aryl methyl sites for hydroxylation is 1. The van der Waals surface area contributed by atoms with Crippen molar-refractivity contribution in [1.82, 2.24) is 4.72 Å². The van der Waals surface area contributed by atoms with Gasteiger partial charge in [-0.25, -0.2) is 13.1 Å². The fraction of sp³-hybridized carbons (Fsp3) is 0.571. The molecule has 0 radical (unpaired) electrons. The quantitative estimate of drug-likeness (QED) is 0.870. The third kappa shape index (κ3) is 3.71. The van der Waals surface area contributed by atoms with Gasteiger partial charge < -0.3 is 9.47 Å². The zero-order valence-electron chi connectivity index (χ0n) is 11.9. The van der Waals surface area contributed by atoms with Crippen molar-refractivity contribution in [3.8, 4) is 5.75 Å². The fourth-order valence-electron chi connectivity index (χ4n) is 2.33. The van der Waals surface area contributed by atoms with Crippen molar-refractivity contribution in [3.63, 3.8) is 0 Å². The molecule has 0 saturated carbocycles. The van der Waals surface area contributed by atoms with Crippen molar-refractivity contribution >= 4 is 10.0 Å². The van der Waals surface area contributed by atoms with Crippen molar-refractivity contribution in [2.75, 3.05) is 20.3 Å². The standard InChI is InChI=1S/C14H21NO4S/c1-11-10-13(5-6-14(11)18-2)20(16,17)15-8-7-12-4-3-9-19-12/h5-6,10,12,15H,3-4,7-9H2,1-2H3. The van der Waals surface area contributed by atoms with Gasteiger partial charge in [-0.05, 0) is 49.9 Å². The summed E-state index contributed by atoms with van der Waals surface area (Å²) in [4.78, 5) is 0.267. The van der Waals surface area contributed by atoms with Crippen LogP contribution >= 0.6 is 0 Å². The highest BCUT2D eigenvalue weighted by molar-refractivity contribution is 7.89. The zero-order valence-corrected chi connectivity index (χ0v) is 12.7. The highest BCUT2D eigenvalue weighted by Crippen LogP contribution is 2.21. The molecule has 6 heteroatoms. The Labute approximate surface area is 120 Å². The summed E-state index contributed by atoms with van der Waals surface area (Å²) in [7, 11) is -1.89. The molecule has 1 aliphatic rings. The first-order valence-corrected chi connectivity index (χ1v) is 8.27. The number of hydrogen-bond acceptors (Lipinski definition) is 4. The number of hydrogen-bond donors (Lipinski definition) is 1. The molecule has 112 valence electrons. The van der Waals surface area contributed by atoms with Gasteiger partial charge in [0.25, 0.3) is 0 Å². The second kappa shape index (κ2) is 6.56. The van der Waals surface area contributed by atoms with E-state index in [2.05, 4.69) is 4.72 Å². The van der Waals surface area contributed by atoms with Crippen LogP contribution in [-0.4, -0.2) is 34.8 Å². The monoisotopic (exact) mass is 299 g/mol. The summed E-state index contributed by atoms with van der Waals surface area (Å²) in [6.45, 7) is 3.01. The highest BCUT2D eigenvalue weighted by atomic mass is 32.2. The van der Waals surface area contributed by atoms with E-state index in [-0.39, 0.29) is 11.0 Å². The van der Waals surface area contributed by atoms with Crippen molar-refractivity contribution in [3.05, 3.63) is 23.8 Å². The van der Waals surface area contributed by atoms with E-state index in [9.17, 15) is 8.42 Å². The molecule has 1 heterocycles. The summed E-state index contributed by atoms with van der Waals surface area (Å²) in [5.41, 5.74) is 0.800. The van der Waals surface area contributed by atoms with Crippen molar-refractivity contribution in [2.45, 2.75) is 37.2 Å². The molecule has 0 amide bonds. The third-order valence-electron chi connectivity index (χ3n) is 3.46. The maximum atomic E-state index is 12.2. The van der Waals surface area contributed by atoms with Gasteiger partial charge >= 0.3 is 0 Å². The number of nitrogens with one attached hydrogen (secondary N) is 1. The zero-order chi connectivity index (χ0) is 14.6. The first-order valence-electron chi connectivity index (χ1n) is 6.79. The van der Waals surface area contributed by atoms with E-state index >= 15 is 0 Å². The van der Waals surface area contributed by atoms with Crippen molar-refractivity contribution < 1.29 is 17.9 Å². The smallest absolute Gasteiger partial charge is 0.240 e. The van der Waals surface area contributed by atoms with E-state index in [0.29, 0.717) is 18.7 Å². The molecule has 1 aromatic rings. The Balaban J connectivity index is 1.96. The molecule has 5 nitrogen and oxygen atoms in total. The first-order chi connectivity index (χ1) is 9.53. The van der Waals surface area contributed by atoms with E-state index in [4.69, 9.17) is 9.47 Å². The predicted molar refractivity (Wildman–Crippen MR) is 76.5 cm³/mol. The van der Waals surface area contributed by atoms with Gasteiger partial charge in [0.2, 0.25) is 10.0 Å². The lowest BCUT2D eigenvalue weighted by molar-refractivity contribution is 0.105. The Morgan fingerprint density at radius 2 is 2.25 bits per heavy atom. The summed E-state index contributed by atoms with van der Waals surface area (Å²) in [6.07, 6.45) is 2.99. The van der Waals surface area contributed by atoms with Gasteiger partial charge in [-0.15, -0.1) is 0 Å². The van der Waals surface area contributed by atoms with Gasteiger partial charge in [0, 0.05) is 13.2 Å². The van der Waals surface area contributed by atoms with Crippen molar-refractivity contribution in [1.29, 1.82) is 0 Å². The van der Waals surface area contributed by atoms with Gasteiger partial charge in [-0.2, -0.15) is 0 Å². The van der Waals surface area contributed by atoms with Crippen LogP contribution in [0.3, 0.4) is 0 Å². The normalized spacial score (nSPS) is 19.2. The molecule has 1 aliphatic heterocycles. The second-order valence-corrected chi connectivity index (χ2v) is 6.72. The molecule has 0 aliphatic carbocycles. The largest absolute Gasteiger partial charge is 0.496 e. The average molecular weight is 299 g/mol. The van der Waals surface area contributed by atoms with Crippen LogP contribution in [0.4, 0.5) is 0 Å². The molecule has 0 bridgehead atoms. The lowest BCUT2D eigenvalue weighted by Crippen LogP contribution is -2.27. The minimum Gasteiger partial charge on any atom is -0.496 e. The van der Waals surface area contributed by atoms with Crippen LogP contribution in [0.25, 0.3) is 0 Å². The fourth-order valence-corrected chi connectivity index (χ4v) is 3.46. The molecule has 2 rings (SSSR count). The topological polar surface area (TPSA) is 64.6 Å². The maximum absolute atomic E-state index is 12.2. The Hall–Kier alpha value is -1.11. The van der Waals surface area contributed by atoms with Gasteiger partial charge in [-0.1, -0.05) is 0 Å². The Morgan fingerprint density at radius 3 is 2.85 bits per heavy atom. The Kier molecular flexibility index (Phi) is 5.01. The molecule has 1 saturated heterocycles. The summed E-state index contributed by atoms with van der Waals surface area (Å²) < 4.78 is 37.5. The minimum absolute atomic E-state index is 0.190. The number of rotatable bonds is 6. The third-order valence-corrected chi connectivity index (χ3v) is 4.92. The van der Waals surface area contributed by atoms with Gasteiger partial charge in [0.05, 0.1) is 18.1 Å². The molecule has 1 N–H and O–H groups in total. The lowest BCUT2D eigenvalue weighted by Gasteiger charge is -2.12. The molecule has 0 aromatic heterocycles. The minimum atomic E-state index is -3.46. The number of methoxy groups -OCH3 is 1.